The SMILES string of the molecule is CC[C@H](NC(=O)C1CCN(S(=O)(=O)c2ccc(C)cc2)CC1)c1ccc(C)cc1C. The number of carbonyl (C=O) groups excluding carboxylic acids is 1. The lowest BCUT2D eigenvalue weighted by Crippen LogP contribution is -2.43. The third-order valence-electron chi connectivity index (χ3n) is 6.01. The molecule has 6 heteroatoms. The summed E-state index contributed by atoms with van der Waals surface area (Å²) in [6.07, 6.45) is 1.90. The lowest BCUT2D eigenvalue weighted by Gasteiger charge is -2.31. The Morgan fingerprint density at radius 1 is 1.03 bits per heavy atom. The number of nitrogens with one attached hydrogen (secondary N) is 1. The highest BCUT2D eigenvalue weighted by Crippen LogP contribution is 2.26. The molecule has 162 valence electrons. The summed E-state index contributed by atoms with van der Waals surface area (Å²) in [6.45, 7) is 8.88. The van der Waals surface area contributed by atoms with Gasteiger partial charge in [0.25, 0.3) is 0 Å². The first kappa shape index (κ1) is 22.5. The summed E-state index contributed by atoms with van der Waals surface area (Å²) in [5, 5.41) is 3.20. The maximum atomic E-state index is 12.9. The Morgan fingerprint density at radius 2 is 1.63 bits per heavy atom. The highest BCUT2D eigenvalue weighted by Gasteiger charge is 2.32. The van der Waals surface area contributed by atoms with Gasteiger partial charge in [0.1, 0.15) is 0 Å². The summed E-state index contributed by atoms with van der Waals surface area (Å²) in [7, 11) is -3.51. The van der Waals surface area contributed by atoms with Gasteiger partial charge in [-0.25, -0.2) is 8.42 Å². The van der Waals surface area contributed by atoms with E-state index in [0.717, 1.165) is 17.5 Å². The minimum Gasteiger partial charge on any atom is -0.349 e. The highest BCUT2D eigenvalue weighted by atomic mass is 32.2. The molecule has 1 N–H and O–H groups in total. The van der Waals surface area contributed by atoms with Gasteiger partial charge in [-0.2, -0.15) is 4.31 Å². The van der Waals surface area contributed by atoms with Gasteiger partial charge in [-0.1, -0.05) is 48.4 Å². The summed E-state index contributed by atoms with van der Waals surface area (Å²) >= 11 is 0. The van der Waals surface area contributed by atoms with Crippen LogP contribution in [-0.4, -0.2) is 31.7 Å². The Morgan fingerprint density at radius 3 is 2.20 bits per heavy atom. The Balaban J connectivity index is 1.62. The number of amides is 1. The van der Waals surface area contributed by atoms with Gasteiger partial charge in [-0.05, 0) is 63.3 Å². The molecule has 0 aromatic heterocycles. The Hall–Kier alpha value is -2.18. The number of piperidine rings is 1. The number of hydrogen-bond acceptors (Lipinski definition) is 3. The van der Waals surface area contributed by atoms with Gasteiger partial charge in [-0.15, -0.1) is 0 Å². The van der Waals surface area contributed by atoms with Gasteiger partial charge in [0.15, 0.2) is 0 Å². The minimum atomic E-state index is -3.51. The molecular formula is C24H32N2O3S. The van der Waals surface area contributed by atoms with E-state index in [1.807, 2.05) is 19.1 Å². The summed E-state index contributed by atoms with van der Waals surface area (Å²) < 4.78 is 27.3. The topological polar surface area (TPSA) is 66.5 Å². The molecule has 0 aliphatic carbocycles. The molecular weight excluding hydrogens is 396 g/mol. The molecule has 30 heavy (non-hydrogen) atoms. The first-order valence-corrected chi connectivity index (χ1v) is 12.1. The van der Waals surface area contributed by atoms with Crippen molar-refractivity contribution in [1.29, 1.82) is 0 Å². The average molecular weight is 429 g/mol. The minimum absolute atomic E-state index is 0.0209. The Labute approximate surface area is 180 Å². The van der Waals surface area contributed by atoms with Crippen LogP contribution in [0.2, 0.25) is 0 Å². The van der Waals surface area contributed by atoms with Crippen molar-refractivity contribution in [3.63, 3.8) is 0 Å². The molecule has 5 nitrogen and oxygen atoms in total. The molecule has 1 fully saturated rings. The van der Waals surface area contributed by atoms with E-state index in [0.29, 0.717) is 30.8 Å². The van der Waals surface area contributed by atoms with Crippen LogP contribution in [0.1, 0.15) is 54.5 Å². The normalized spacial score (nSPS) is 16.9. The molecule has 1 heterocycles. The van der Waals surface area contributed by atoms with Crippen LogP contribution in [0.25, 0.3) is 0 Å². The van der Waals surface area contributed by atoms with Crippen molar-refractivity contribution >= 4 is 15.9 Å². The van der Waals surface area contributed by atoms with Crippen LogP contribution >= 0.6 is 0 Å². The quantitative estimate of drug-likeness (QED) is 0.747. The molecule has 0 spiro atoms. The van der Waals surface area contributed by atoms with Crippen LogP contribution in [0.4, 0.5) is 0 Å². The van der Waals surface area contributed by atoms with Crippen molar-refractivity contribution in [3.8, 4) is 0 Å². The molecule has 2 aromatic rings. The van der Waals surface area contributed by atoms with Crippen LogP contribution in [0.3, 0.4) is 0 Å². The third-order valence-corrected chi connectivity index (χ3v) is 7.92. The molecule has 0 saturated carbocycles. The van der Waals surface area contributed by atoms with E-state index < -0.39 is 10.0 Å². The molecule has 1 saturated heterocycles. The van der Waals surface area contributed by atoms with E-state index in [1.54, 1.807) is 12.1 Å². The number of hydrogen-bond donors (Lipinski definition) is 1. The van der Waals surface area contributed by atoms with Gasteiger partial charge < -0.3 is 5.32 Å². The first-order valence-electron chi connectivity index (χ1n) is 10.7. The summed E-state index contributed by atoms with van der Waals surface area (Å²) in [6, 6.07) is 13.2. The molecule has 1 aliphatic heterocycles. The number of aryl methyl sites for hydroxylation is 3. The van der Waals surface area contributed by atoms with Crippen LogP contribution in [0.15, 0.2) is 47.4 Å². The predicted molar refractivity (Wildman–Crippen MR) is 120 cm³/mol. The average Bonchev–Trinajstić information content (AvgIpc) is 2.72. The second kappa shape index (κ2) is 9.31. The molecule has 1 atom stereocenters. The van der Waals surface area contributed by atoms with Crippen molar-refractivity contribution < 1.29 is 13.2 Å². The number of rotatable bonds is 6. The van der Waals surface area contributed by atoms with Gasteiger partial charge >= 0.3 is 0 Å². The van der Waals surface area contributed by atoms with Crippen molar-refractivity contribution in [1.82, 2.24) is 9.62 Å². The molecule has 1 amide bonds. The van der Waals surface area contributed by atoms with E-state index in [9.17, 15) is 13.2 Å². The predicted octanol–water partition coefficient (Wildman–Crippen LogP) is 4.28. The molecule has 3 rings (SSSR count). The van der Waals surface area contributed by atoms with E-state index >= 15 is 0 Å². The van der Waals surface area contributed by atoms with E-state index in [4.69, 9.17) is 0 Å². The highest BCUT2D eigenvalue weighted by molar-refractivity contribution is 7.89. The maximum Gasteiger partial charge on any atom is 0.243 e. The standard InChI is InChI=1S/C24H32N2O3S/c1-5-23(22-11-8-18(3)16-19(22)4)25-24(27)20-12-14-26(15-13-20)30(28,29)21-9-6-17(2)7-10-21/h6-11,16,20,23H,5,12-15H2,1-4H3,(H,25,27)/t23-/m0/s1. The van der Waals surface area contributed by atoms with Gasteiger partial charge in [0, 0.05) is 19.0 Å². The fourth-order valence-electron chi connectivity index (χ4n) is 4.12. The van der Waals surface area contributed by atoms with Gasteiger partial charge in [-0.3, -0.25) is 4.79 Å². The third kappa shape index (κ3) is 4.93. The zero-order valence-electron chi connectivity index (χ0n) is 18.3. The molecule has 1 aliphatic rings. The number of benzene rings is 2. The van der Waals surface area contributed by atoms with Crippen LogP contribution in [-0.2, 0) is 14.8 Å². The summed E-state index contributed by atoms with van der Waals surface area (Å²) in [5.74, 6) is -0.136. The second-order valence-electron chi connectivity index (χ2n) is 8.32. The van der Waals surface area contributed by atoms with E-state index in [1.165, 1.54) is 15.4 Å². The van der Waals surface area contributed by atoms with Gasteiger partial charge in [0.05, 0.1) is 10.9 Å². The number of sulfonamides is 1. The monoisotopic (exact) mass is 428 g/mol. The Bertz CT molecular complexity index is 992. The first-order chi connectivity index (χ1) is 14.2. The molecule has 0 unspecified atom stereocenters. The lowest BCUT2D eigenvalue weighted by atomic mass is 9.94. The zero-order chi connectivity index (χ0) is 21.9. The maximum absolute atomic E-state index is 12.9. The summed E-state index contributed by atoms with van der Waals surface area (Å²) in [4.78, 5) is 13.2. The zero-order valence-corrected chi connectivity index (χ0v) is 19.1. The molecule has 0 radical (unpaired) electrons. The fourth-order valence-corrected chi connectivity index (χ4v) is 5.59. The van der Waals surface area contributed by atoms with Crippen molar-refractivity contribution in [2.24, 2.45) is 5.92 Å². The second-order valence-corrected chi connectivity index (χ2v) is 10.3. The van der Waals surface area contributed by atoms with Crippen molar-refractivity contribution in [3.05, 3.63) is 64.7 Å². The van der Waals surface area contributed by atoms with Crippen molar-refractivity contribution in [2.75, 3.05) is 13.1 Å². The van der Waals surface area contributed by atoms with Crippen LogP contribution in [0.5, 0.6) is 0 Å². The largest absolute Gasteiger partial charge is 0.349 e. The van der Waals surface area contributed by atoms with E-state index in [-0.39, 0.29) is 17.9 Å². The summed E-state index contributed by atoms with van der Waals surface area (Å²) in [5.41, 5.74) is 4.57. The van der Waals surface area contributed by atoms with Crippen molar-refractivity contribution in [2.45, 2.75) is 57.9 Å². The molecule has 2 aromatic carbocycles. The van der Waals surface area contributed by atoms with E-state index in [2.05, 4.69) is 44.3 Å². The van der Waals surface area contributed by atoms with Crippen LogP contribution in [0, 0.1) is 26.7 Å². The van der Waals surface area contributed by atoms with Gasteiger partial charge in [0.2, 0.25) is 15.9 Å². The number of nitrogens with zero attached hydrogens (tertiary/aromatic N) is 1. The Kier molecular flexibility index (Phi) is 6.98. The van der Waals surface area contributed by atoms with Crippen LogP contribution < -0.4 is 5.32 Å². The lowest BCUT2D eigenvalue weighted by molar-refractivity contribution is -0.126. The number of carbonyl (C=O) groups is 1. The smallest absolute Gasteiger partial charge is 0.243 e. The fraction of sp³-hybridized carbons (Fsp3) is 0.458. The molecule has 0 bridgehead atoms.